The molecule has 0 bridgehead atoms. The van der Waals surface area contributed by atoms with E-state index >= 15 is 0 Å². The van der Waals surface area contributed by atoms with Gasteiger partial charge in [0.05, 0.1) is 0 Å². The van der Waals surface area contributed by atoms with Crippen molar-refractivity contribution in [3.8, 4) is 28.4 Å². The zero-order chi connectivity index (χ0) is 13.1. The average molecular weight is 252 g/mol. The fourth-order valence-corrected chi connectivity index (χ4v) is 1.58. The van der Waals surface area contributed by atoms with Crippen LogP contribution in [0.3, 0.4) is 0 Å². The molecule has 0 unspecified atom stereocenters. The van der Waals surface area contributed by atoms with Crippen molar-refractivity contribution in [3.05, 3.63) is 42.5 Å². The maximum atomic E-state index is 12.3. The molecule has 2 aromatic carbocycles. The molecular weight excluding hydrogens is 242 g/mol. The molecule has 2 rings (SSSR count). The molecule has 0 spiro atoms. The highest BCUT2D eigenvalue weighted by atomic mass is 19.3. The second-order valence-corrected chi connectivity index (χ2v) is 3.61. The van der Waals surface area contributed by atoms with Crippen LogP contribution >= 0.6 is 0 Å². The fraction of sp³-hybridized carbons (Fsp3) is 0.0769. The van der Waals surface area contributed by atoms with Crippen molar-refractivity contribution in [1.82, 2.24) is 0 Å². The number of aromatic hydroxyl groups is 2. The van der Waals surface area contributed by atoms with Crippen molar-refractivity contribution in [2.75, 3.05) is 0 Å². The first kappa shape index (κ1) is 12.2. The van der Waals surface area contributed by atoms with Crippen molar-refractivity contribution < 1.29 is 23.7 Å². The van der Waals surface area contributed by atoms with Gasteiger partial charge < -0.3 is 14.9 Å². The number of phenolic OH excluding ortho intramolecular Hbond substituents is 2. The van der Waals surface area contributed by atoms with E-state index in [0.29, 0.717) is 11.1 Å². The van der Waals surface area contributed by atoms with Gasteiger partial charge in [-0.3, -0.25) is 0 Å². The Morgan fingerprint density at radius 3 is 2.11 bits per heavy atom. The third kappa shape index (κ3) is 2.68. The summed E-state index contributed by atoms with van der Waals surface area (Å²) in [6.07, 6.45) is 0. The van der Waals surface area contributed by atoms with E-state index in [2.05, 4.69) is 4.74 Å². The molecule has 0 saturated carbocycles. The lowest BCUT2D eigenvalue weighted by Gasteiger charge is -2.11. The molecule has 0 amide bonds. The summed E-state index contributed by atoms with van der Waals surface area (Å²) >= 11 is 0. The van der Waals surface area contributed by atoms with Gasteiger partial charge in [-0.15, -0.1) is 0 Å². The topological polar surface area (TPSA) is 49.7 Å². The maximum Gasteiger partial charge on any atom is 0.387 e. The highest BCUT2D eigenvalue weighted by Gasteiger charge is 2.12. The van der Waals surface area contributed by atoms with Crippen LogP contribution in [-0.2, 0) is 0 Å². The number of hydrogen-bond acceptors (Lipinski definition) is 3. The van der Waals surface area contributed by atoms with Gasteiger partial charge in [-0.05, 0) is 29.8 Å². The van der Waals surface area contributed by atoms with Crippen molar-refractivity contribution in [1.29, 1.82) is 0 Å². The molecule has 0 aliphatic carbocycles. The van der Waals surface area contributed by atoms with Crippen LogP contribution in [0.25, 0.3) is 11.1 Å². The van der Waals surface area contributed by atoms with E-state index in [4.69, 9.17) is 0 Å². The number of alkyl halides is 2. The molecule has 94 valence electrons. The van der Waals surface area contributed by atoms with E-state index in [0.717, 1.165) is 6.07 Å². The zero-order valence-electron chi connectivity index (χ0n) is 9.18. The predicted molar refractivity (Wildman–Crippen MR) is 61.8 cm³/mol. The Morgan fingerprint density at radius 1 is 0.889 bits per heavy atom. The summed E-state index contributed by atoms with van der Waals surface area (Å²) in [5.74, 6) is -0.197. The molecule has 0 aromatic heterocycles. The quantitative estimate of drug-likeness (QED) is 0.880. The van der Waals surface area contributed by atoms with Crippen LogP contribution in [0.2, 0.25) is 0 Å². The van der Waals surface area contributed by atoms with Gasteiger partial charge >= 0.3 is 6.61 Å². The minimum atomic E-state index is -2.97. The van der Waals surface area contributed by atoms with E-state index in [1.165, 1.54) is 24.3 Å². The first-order valence-corrected chi connectivity index (χ1v) is 5.13. The SMILES string of the molecule is Oc1ccc(-c2ccc(O)cc2OC(F)F)cc1. The Balaban J connectivity index is 2.45. The molecule has 3 nitrogen and oxygen atoms in total. The number of phenols is 2. The largest absolute Gasteiger partial charge is 0.508 e. The van der Waals surface area contributed by atoms with Gasteiger partial charge in [0.15, 0.2) is 0 Å². The summed E-state index contributed by atoms with van der Waals surface area (Å²) in [4.78, 5) is 0. The zero-order valence-corrected chi connectivity index (χ0v) is 9.18. The third-order valence-electron chi connectivity index (χ3n) is 2.36. The van der Waals surface area contributed by atoms with Crippen molar-refractivity contribution >= 4 is 0 Å². The Morgan fingerprint density at radius 2 is 1.50 bits per heavy atom. The number of ether oxygens (including phenoxy) is 1. The molecule has 0 aliphatic heterocycles. The fourth-order valence-electron chi connectivity index (χ4n) is 1.58. The van der Waals surface area contributed by atoms with E-state index in [1.807, 2.05) is 0 Å². The number of halogens is 2. The first-order chi connectivity index (χ1) is 8.56. The van der Waals surface area contributed by atoms with E-state index in [-0.39, 0.29) is 17.2 Å². The second kappa shape index (κ2) is 4.91. The van der Waals surface area contributed by atoms with Crippen LogP contribution in [0.1, 0.15) is 0 Å². The Hall–Kier alpha value is -2.30. The molecule has 18 heavy (non-hydrogen) atoms. The molecule has 0 aliphatic rings. The van der Waals surface area contributed by atoms with Crippen LogP contribution in [-0.4, -0.2) is 16.8 Å². The third-order valence-corrected chi connectivity index (χ3v) is 2.36. The smallest absolute Gasteiger partial charge is 0.387 e. The van der Waals surface area contributed by atoms with Gasteiger partial charge in [-0.2, -0.15) is 8.78 Å². The second-order valence-electron chi connectivity index (χ2n) is 3.61. The van der Waals surface area contributed by atoms with E-state index in [9.17, 15) is 19.0 Å². The molecule has 0 radical (unpaired) electrons. The summed E-state index contributed by atoms with van der Waals surface area (Å²) in [5, 5.41) is 18.4. The molecular formula is C13H10F2O3. The van der Waals surface area contributed by atoms with Crippen LogP contribution in [0, 0.1) is 0 Å². The summed E-state index contributed by atoms with van der Waals surface area (Å²) in [6, 6.07) is 9.98. The monoisotopic (exact) mass is 252 g/mol. The van der Waals surface area contributed by atoms with E-state index in [1.54, 1.807) is 12.1 Å². The number of rotatable bonds is 3. The lowest BCUT2D eigenvalue weighted by molar-refractivity contribution is -0.0495. The van der Waals surface area contributed by atoms with Gasteiger partial charge in [0.2, 0.25) is 0 Å². The van der Waals surface area contributed by atoms with Gasteiger partial charge in [-0.25, -0.2) is 0 Å². The van der Waals surface area contributed by atoms with Crippen LogP contribution < -0.4 is 4.74 Å². The standard InChI is InChI=1S/C13H10F2O3/c14-13(15)18-12-7-10(17)5-6-11(12)8-1-3-9(16)4-2-8/h1-7,13,16-17H. The Bertz CT molecular complexity index is 538. The molecule has 2 N–H and O–H groups in total. The Labute approximate surface area is 102 Å². The van der Waals surface area contributed by atoms with Crippen LogP contribution in [0.4, 0.5) is 8.78 Å². The number of benzene rings is 2. The van der Waals surface area contributed by atoms with Gasteiger partial charge in [-0.1, -0.05) is 12.1 Å². The Kier molecular flexibility index (Phi) is 3.32. The predicted octanol–water partition coefficient (Wildman–Crippen LogP) is 3.37. The van der Waals surface area contributed by atoms with Gasteiger partial charge in [0.25, 0.3) is 0 Å². The van der Waals surface area contributed by atoms with Crippen molar-refractivity contribution in [2.45, 2.75) is 6.61 Å². The normalized spacial score (nSPS) is 10.6. The summed E-state index contributed by atoms with van der Waals surface area (Å²) in [5.41, 5.74) is 1.01. The molecule has 2 aromatic rings. The minimum Gasteiger partial charge on any atom is -0.508 e. The van der Waals surface area contributed by atoms with Crippen LogP contribution in [0.15, 0.2) is 42.5 Å². The van der Waals surface area contributed by atoms with Crippen molar-refractivity contribution in [2.24, 2.45) is 0 Å². The lowest BCUT2D eigenvalue weighted by atomic mass is 10.0. The van der Waals surface area contributed by atoms with E-state index < -0.39 is 6.61 Å². The highest BCUT2D eigenvalue weighted by Crippen LogP contribution is 2.34. The minimum absolute atomic E-state index is 0.0776. The van der Waals surface area contributed by atoms with Gasteiger partial charge in [0, 0.05) is 11.6 Å². The molecule has 5 heteroatoms. The summed E-state index contributed by atoms with van der Waals surface area (Å²) < 4.78 is 28.9. The lowest BCUT2D eigenvalue weighted by Crippen LogP contribution is -2.03. The molecule has 0 saturated heterocycles. The van der Waals surface area contributed by atoms with Crippen LogP contribution in [0.5, 0.6) is 17.2 Å². The molecule has 0 fully saturated rings. The molecule has 0 heterocycles. The first-order valence-electron chi connectivity index (χ1n) is 5.13. The maximum absolute atomic E-state index is 12.3. The van der Waals surface area contributed by atoms with Gasteiger partial charge in [0.1, 0.15) is 17.2 Å². The highest BCUT2D eigenvalue weighted by molar-refractivity contribution is 5.71. The van der Waals surface area contributed by atoms with Crippen molar-refractivity contribution in [3.63, 3.8) is 0 Å². The average Bonchev–Trinajstić information content (AvgIpc) is 2.30. The summed E-state index contributed by atoms with van der Waals surface area (Å²) in [6.45, 7) is -2.97. The summed E-state index contributed by atoms with van der Waals surface area (Å²) in [7, 11) is 0. The molecule has 0 atom stereocenters. The number of hydrogen-bond donors (Lipinski definition) is 2.